The van der Waals surface area contributed by atoms with Gasteiger partial charge >= 0.3 is 0 Å². The highest BCUT2D eigenvalue weighted by Crippen LogP contribution is 2.23. The second kappa shape index (κ2) is 7.27. The van der Waals surface area contributed by atoms with Gasteiger partial charge in [-0.05, 0) is 55.8 Å². The maximum Gasteiger partial charge on any atom is 0.265 e. The molecule has 0 aliphatic heterocycles. The number of nitrogens with one attached hydrogen (secondary N) is 1. The third-order valence-corrected chi connectivity index (χ3v) is 4.33. The number of hydrogen-bond acceptors (Lipinski definition) is 4. The first-order chi connectivity index (χ1) is 11.6. The van der Waals surface area contributed by atoms with Crippen LogP contribution in [0.2, 0.25) is 0 Å². The van der Waals surface area contributed by atoms with Gasteiger partial charge in [0.2, 0.25) is 0 Å². The molecular weight excluding hydrogens is 320 g/mol. The first-order valence-corrected chi connectivity index (χ1v) is 8.54. The number of benzene rings is 2. The Hall–Kier alpha value is -2.66. The number of hydrogen-bond donors (Lipinski definition) is 1. The molecular formula is C19H18N2O2S. The standard InChI is InChI=1S/C19H18N2O2S/c1-13-4-3-5-17(12-13)23-14(2)18(22)21-16-8-6-15(7-9-16)19-20-10-11-24-19/h3-12,14H,1-2H3,(H,21,22)/t14-/m0/s1. The van der Waals surface area contributed by atoms with Crippen LogP contribution in [0.15, 0.2) is 60.1 Å². The zero-order valence-corrected chi connectivity index (χ0v) is 14.3. The third kappa shape index (κ3) is 4.00. The monoisotopic (exact) mass is 338 g/mol. The predicted molar refractivity (Wildman–Crippen MR) is 97.4 cm³/mol. The van der Waals surface area contributed by atoms with Gasteiger partial charge in [0.05, 0.1) is 0 Å². The van der Waals surface area contributed by atoms with Crippen molar-refractivity contribution in [2.45, 2.75) is 20.0 Å². The molecule has 0 unspecified atom stereocenters. The van der Waals surface area contributed by atoms with E-state index in [0.29, 0.717) is 5.75 Å². The highest BCUT2D eigenvalue weighted by Gasteiger charge is 2.15. The van der Waals surface area contributed by atoms with Crippen molar-refractivity contribution in [1.82, 2.24) is 4.98 Å². The molecule has 1 aromatic heterocycles. The molecule has 0 aliphatic rings. The maximum atomic E-state index is 12.3. The number of anilines is 1. The third-order valence-electron chi connectivity index (χ3n) is 3.50. The van der Waals surface area contributed by atoms with Gasteiger partial charge in [-0.25, -0.2) is 4.98 Å². The minimum Gasteiger partial charge on any atom is -0.481 e. The summed E-state index contributed by atoms with van der Waals surface area (Å²) in [5, 5.41) is 5.77. The summed E-state index contributed by atoms with van der Waals surface area (Å²) in [6.45, 7) is 3.73. The van der Waals surface area contributed by atoms with E-state index in [0.717, 1.165) is 21.8 Å². The van der Waals surface area contributed by atoms with Gasteiger partial charge in [0.25, 0.3) is 5.91 Å². The van der Waals surface area contributed by atoms with Crippen molar-refractivity contribution in [3.8, 4) is 16.3 Å². The van der Waals surface area contributed by atoms with Crippen molar-refractivity contribution < 1.29 is 9.53 Å². The van der Waals surface area contributed by atoms with Crippen LogP contribution in [0.3, 0.4) is 0 Å². The summed E-state index contributed by atoms with van der Waals surface area (Å²) in [6.07, 6.45) is 1.20. The number of aryl methyl sites for hydroxylation is 1. The molecule has 1 N–H and O–H groups in total. The molecule has 5 heteroatoms. The number of amides is 1. The normalized spacial score (nSPS) is 11.8. The van der Waals surface area contributed by atoms with Gasteiger partial charge in [0, 0.05) is 22.8 Å². The molecule has 0 radical (unpaired) electrons. The van der Waals surface area contributed by atoms with Crippen LogP contribution in [0, 0.1) is 6.92 Å². The lowest BCUT2D eigenvalue weighted by Crippen LogP contribution is -2.30. The quantitative estimate of drug-likeness (QED) is 0.744. The van der Waals surface area contributed by atoms with Crippen LogP contribution in [0.5, 0.6) is 5.75 Å². The molecule has 4 nitrogen and oxygen atoms in total. The van der Waals surface area contributed by atoms with E-state index in [1.165, 1.54) is 0 Å². The van der Waals surface area contributed by atoms with Crippen LogP contribution in [0.25, 0.3) is 10.6 Å². The Morgan fingerprint density at radius 3 is 2.67 bits per heavy atom. The van der Waals surface area contributed by atoms with Crippen LogP contribution in [-0.4, -0.2) is 17.0 Å². The summed E-state index contributed by atoms with van der Waals surface area (Å²) in [4.78, 5) is 16.5. The zero-order valence-electron chi connectivity index (χ0n) is 13.5. The number of nitrogens with zero attached hydrogens (tertiary/aromatic N) is 1. The highest BCUT2D eigenvalue weighted by molar-refractivity contribution is 7.13. The molecule has 1 atom stereocenters. The van der Waals surface area contributed by atoms with Crippen molar-refractivity contribution in [3.05, 3.63) is 65.7 Å². The predicted octanol–water partition coefficient (Wildman–Crippen LogP) is 4.52. The topological polar surface area (TPSA) is 51.2 Å². The molecule has 0 spiro atoms. The average Bonchev–Trinajstić information content (AvgIpc) is 3.10. The van der Waals surface area contributed by atoms with Crippen LogP contribution < -0.4 is 10.1 Å². The lowest BCUT2D eigenvalue weighted by Gasteiger charge is -2.15. The minimum absolute atomic E-state index is 0.182. The molecule has 2 aromatic carbocycles. The molecule has 122 valence electrons. The van der Waals surface area contributed by atoms with E-state index >= 15 is 0 Å². The number of carbonyl (C=O) groups is 1. The molecule has 0 aliphatic carbocycles. The smallest absolute Gasteiger partial charge is 0.265 e. The van der Waals surface area contributed by atoms with Crippen LogP contribution in [0.1, 0.15) is 12.5 Å². The minimum atomic E-state index is -0.578. The molecule has 0 saturated carbocycles. The first kappa shape index (κ1) is 16.2. The number of ether oxygens (including phenoxy) is 1. The largest absolute Gasteiger partial charge is 0.481 e. The number of thiazole rings is 1. The number of aromatic nitrogens is 1. The SMILES string of the molecule is Cc1cccc(O[C@@H](C)C(=O)Nc2ccc(-c3nccs3)cc2)c1. The van der Waals surface area contributed by atoms with Gasteiger partial charge in [0.15, 0.2) is 6.10 Å². The molecule has 1 heterocycles. The Balaban J connectivity index is 1.61. The molecule has 3 aromatic rings. The van der Waals surface area contributed by atoms with Crippen molar-refractivity contribution in [2.75, 3.05) is 5.32 Å². The van der Waals surface area contributed by atoms with Crippen molar-refractivity contribution in [1.29, 1.82) is 0 Å². The van der Waals surface area contributed by atoms with Gasteiger partial charge in [-0.1, -0.05) is 12.1 Å². The second-order valence-corrected chi connectivity index (χ2v) is 6.38. The van der Waals surface area contributed by atoms with Crippen LogP contribution >= 0.6 is 11.3 Å². The zero-order chi connectivity index (χ0) is 16.9. The van der Waals surface area contributed by atoms with Gasteiger partial charge in [-0.3, -0.25) is 4.79 Å². The Kier molecular flexibility index (Phi) is 4.91. The van der Waals surface area contributed by atoms with Crippen LogP contribution in [0.4, 0.5) is 5.69 Å². The number of carbonyl (C=O) groups excluding carboxylic acids is 1. The van der Waals surface area contributed by atoms with E-state index < -0.39 is 6.10 Å². The van der Waals surface area contributed by atoms with Gasteiger partial charge in [-0.2, -0.15) is 0 Å². The highest BCUT2D eigenvalue weighted by atomic mass is 32.1. The summed E-state index contributed by atoms with van der Waals surface area (Å²) in [6, 6.07) is 15.3. The Morgan fingerprint density at radius 1 is 1.21 bits per heavy atom. The Morgan fingerprint density at radius 2 is 2.00 bits per heavy atom. The lowest BCUT2D eigenvalue weighted by molar-refractivity contribution is -0.122. The van der Waals surface area contributed by atoms with Crippen molar-refractivity contribution in [3.63, 3.8) is 0 Å². The Bertz CT molecular complexity index is 814. The first-order valence-electron chi connectivity index (χ1n) is 7.66. The van der Waals surface area contributed by atoms with Gasteiger partial charge < -0.3 is 10.1 Å². The molecule has 0 saturated heterocycles. The Labute approximate surface area is 145 Å². The van der Waals surface area contributed by atoms with E-state index in [9.17, 15) is 4.79 Å². The second-order valence-electron chi connectivity index (χ2n) is 5.48. The molecule has 3 rings (SSSR count). The average molecular weight is 338 g/mol. The van der Waals surface area contributed by atoms with E-state index in [2.05, 4.69) is 10.3 Å². The summed E-state index contributed by atoms with van der Waals surface area (Å²) in [5.74, 6) is 0.510. The molecule has 24 heavy (non-hydrogen) atoms. The molecule has 0 fully saturated rings. The van der Waals surface area contributed by atoms with Crippen molar-refractivity contribution >= 4 is 22.9 Å². The van der Waals surface area contributed by atoms with E-state index in [1.807, 2.05) is 60.8 Å². The van der Waals surface area contributed by atoms with E-state index in [1.54, 1.807) is 24.5 Å². The summed E-state index contributed by atoms with van der Waals surface area (Å²) in [7, 11) is 0. The van der Waals surface area contributed by atoms with Gasteiger partial charge in [0.1, 0.15) is 10.8 Å². The van der Waals surface area contributed by atoms with E-state index in [4.69, 9.17) is 4.74 Å². The molecule has 1 amide bonds. The van der Waals surface area contributed by atoms with E-state index in [-0.39, 0.29) is 5.91 Å². The fourth-order valence-corrected chi connectivity index (χ4v) is 2.90. The molecule has 0 bridgehead atoms. The summed E-state index contributed by atoms with van der Waals surface area (Å²) < 4.78 is 5.69. The summed E-state index contributed by atoms with van der Waals surface area (Å²) in [5.41, 5.74) is 2.87. The van der Waals surface area contributed by atoms with Crippen molar-refractivity contribution in [2.24, 2.45) is 0 Å². The number of rotatable bonds is 5. The fraction of sp³-hybridized carbons (Fsp3) is 0.158. The van der Waals surface area contributed by atoms with Crippen LogP contribution in [-0.2, 0) is 4.79 Å². The van der Waals surface area contributed by atoms with Gasteiger partial charge in [-0.15, -0.1) is 11.3 Å². The fourth-order valence-electron chi connectivity index (χ4n) is 2.25. The maximum absolute atomic E-state index is 12.3. The lowest BCUT2D eigenvalue weighted by atomic mass is 10.2. The summed E-state index contributed by atoms with van der Waals surface area (Å²) >= 11 is 1.58.